The fourth-order valence-corrected chi connectivity index (χ4v) is 3.50. The Hall–Kier alpha value is -2.52. The quantitative estimate of drug-likeness (QED) is 0.276. The number of halogens is 2. The number of nitrogens with one attached hydrogen (secondary N) is 2. The lowest BCUT2D eigenvalue weighted by atomic mass is 10.0. The van der Waals surface area contributed by atoms with Crippen molar-refractivity contribution in [3.05, 3.63) is 29.8 Å². The van der Waals surface area contributed by atoms with Crippen molar-refractivity contribution >= 4 is 52.6 Å². The molecule has 32 heavy (non-hydrogen) atoms. The molecule has 0 fully saturated rings. The van der Waals surface area contributed by atoms with Gasteiger partial charge in [-0.2, -0.15) is 0 Å². The average molecular weight is 490 g/mol. The molecular weight excluding hydrogens is 461 g/mol. The van der Waals surface area contributed by atoms with Crippen LogP contribution in [-0.2, 0) is 25.6 Å². The van der Waals surface area contributed by atoms with Gasteiger partial charge in [0.25, 0.3) is 0 Å². The Balaban J connectivity index is 2.88. The van der Waals surface area contributed by atoms with Crippen molar-refractivity contribution in [3.63, 3.8) is 0 Å². The minimum absolute atomic E-state index is 0.0359. The van der Waals surface area contributed by atoms with Crippen LogP contribution in [0, 0.1) is 0 Å². The van der Waals surface area contributed by atoms with Crippen molar-refractivity contribution in [1.29, 1.82) is 0 Å². The van der Waals surface area contributed by atoms with Gasteiger partial charge in [0.2, 0.25) is 11.8 Å². The maximum atomic E-state index is 12.7. The second kappa shape index (κ2) is 14.5. The van der Waals surface area contributed by atoms with Crippen LogP contribution in [0.4, 0.5) is 5.69 Å². The van der Waals surface area contributed by atoms with Gasteiger partial charge in [-0.05, 0) is 30.5 Å². The summed E-state index contributed by atoms with van der Waals surface area (Å²) >= 11 is 11.7. The van der Waals surface area contributed by atoms with Crippen molar-refractivity contribution in [2.45, 2.75) is 44.7 Å². The summed E-state index contributed by atoms with van der Waals surface area (Å²) in [6.07, 6.45) is 0.00946. The number of alkyl halides is 2. The van der Waals surface area contributed by atoms with Crippen molar-refractivity contribution in [2.24, 2.45) is 0 Å². The SMILES string of the molecule is CC(=O)NC(Cc1ccc(N(CCCl)CCCl)cc1)C(=O)NC(CCCC(=O)O)C(=O)O. The first kappa shape index (κ1) is 27.5. The molecule has 9 nitrogen and oxygen atoms in total. The minimum atomic E-state index is -1.27. The highest BCUT2D eigenvalue weighted by Crippen LogP contribution is 2.17. The highest BCUT2D eigenvalue weighted by Gasteiger charge is 2.26. The molecule has 0 aliphatic rings. The maximum absolute atomic E-state index is 12.7. The minimum Gasteiger partial charge on any atom is -0.481 e. The van der Waals surface area contributed by atoms with Gasteiger partial charge in [0.15, 0.2) is 0 Å². The van der Waals surface area contributed by atoms with E-state index in [0.717, 1.165) is 11.3 Å². The Morgan fingerprint density at radius 1 is 0.969 bits per heavy atom. The lowest BCUT2D eigenvalue weighted by Crippen LogP contribution is -2.52. The topological polar surface area (TPSA) is 136 Å². The molecule has 1 rings (SSSR count). The zero-order valence-electron chi connectivity index (χ0n) is 17.9. The van der Waals surface area contributed by atoms with E-state index in [9.17, 15) is 24.3 Å². The van der Waals surface area contributed by atoms with Gasteiger partial charge in [-0.15, -0.1) is 23.2 Å². The predicted octanol–water partition coefficient (Wildman–Crippen LogP) is 1.84. The Labute approximate surface area is 197 Å². The van der Waals surface area contributed by atoms with Crippen molar-refractivity contribution < 1.29 is 29.4 Å². The third-order valence-electron chi connectivity index (χ3n) is 4.64. The fraction of sp³-hybridized carbons (Fsp3) is 0.524. The van der Waals surface area contributed by atoms with Crippen LogP contribution in [0.15, 0.2) is 24.3 Å². The lowest BCUT2D eigenvalue weighted by Gasteiger charge is -2.24. The number of carboxylic acids is 2. The molecule has 11 heteroatoms. The summed E-state index contributed by atoms with van der Waals surface area (Å²) in [4.78, 5) is 48.4. The molecular formula is C21H29Cl2N3O6. The van der Waals surface area contributed by atoms with Crippen LogP contribution >= 0.6 is 23.2 Å². The van der Waals surface area contributed by atoms with Gasteiger partial charge in [0.05, 0.1) is 0 Å². The van der Waals surface area contributed by atoms with E-state index in [4.69, 9.17) is 28.3 Å². The molecule has 2 atom stereocenters. The number of aliphatic carboxylic acids is 2. The van der Waals surface area contributed by atoms with Gasteiger partial charge >= 0.3 is 11.9 Å². The van der Waals surface area contributed by atoms with Crippen LogP contribution < -0.4 is 15.5 Å². The molecule has 1 aromatic carbocycles. The van der Waals surface area contributed by atoms with Gasteiger partial charge in [-0.1, -0.05) is 12.1 Å². The number of anilines is 1. The van der Waals surface area contributed by atoms with E-state index in [2.05, 4.69) is 10.6 Å². The van der Waals surface area contributed by atoms with Crippen LogP contribution in [0.2, 0.25) is 0 Å². The van der Waals surface area contributed by atoms with Gasteiger partial charge in [0.1, 0.15) is 12.1 Å². The summed E-state index contributed by atoms with van der Waals surface area (Å²) < 4.78 is 0. The third kappa shape index (κ3) is 10.2. The number of carbonyl (C=O) groups excluding carboxylic acids is 2. The molecule has 4 N–H and O–H groups in total. The second-order valence-electron chi connectivity index (χ2n) is 7.17. The van der Waals surface area contributed by atoms with Crippen LogP contribution in [0.25, 0.3) is 0 Å². The van der Waals surface area contributed by atoms with Gasteiger partial charge in [0, 0.05) is 50.3 Å². The van der Waals surface area contributed by atoms with Gasteiger partial charge < -0.3 is 25.7 Å². The normalized spacial score (nSPS) is 12.5. The molecule has 0 spiro atoms. The second-order valence-corrected chi connectivity index (χ2v) is 7.93. The number of hydrogen-bond donors (Lipinski definition) is 4. The first-order valence-electron chi connectivity index (χ1n) is 10.2. The van der Waals surface area contributed by atoms with Crippen LogP contribution in [0.1, 0.15) is 31.7 Å². The predicted molar refractivity (Wildman–Crippen MR) is 122 cm³/mol. The molecule has 0 radical (unpaired) electrons. The number of benzene rings is 1. The maximum Gasteiger partial charge on any atom is 0.326 e. The molecule has 2 amide bonds. The number of carboxylic acid groups (broad SMARTS) is 2. The lowest BCUT2D eigenvalue weighted by molar-refractivity contribution is -0.143. The summed E-state index contributed by atoms with van der Waals surface area (Å²) in [6.45, 7) is 2.52. The van der Waals surface area contributed by atoms with Gasteiger partial charge in [-0.25, -0.2) is 4.79 Å². The number of rotatable bonds is 15. The molecule has 2 unspecified atom stereocenters. The molecule has 0 aromatic heterocycles. The van der Waals surface area contributed by atoms with E-state index in [1.165, 1.54) is 6.92 Å². The Bertz CT molecular complexity index is 769. The molecule has 0 bridgehead atoms. The third-order valence-corrected chi connectivity index (χ3v) is 4.98. The number of amides is 2. The Morgan fingerprint density at radius 2 is 1.56 bits per heavy atom. The molecule has 0 aliphatic heterocycles. The summed E-state index contributed by atoms with van der Waals surface area (Å²) in [7, 11) is 0. The number of nitrogens with zero attached hydrogens (tertiary/aromatic N) is 1. The van der Waals surface area contributed by atoms with Crippen LogP contribution in [0.3, 0.4) is 0 Å². The zero-order valence-corrected chi connectivity index (χ0v) is 19.4. The smallest absolute Gasteiger partial charge is 0.326 e. The fourth-order valence-electron chi connectivity index (χ4n) is 3.09. The Morgan fingerprint density at radius 3 is 2.03 bits per heavy atom. The molecule has 0 saturated heterocycles. The highest BCUT2D eigenvalue weighted by molar-refractivity contribution is 6.18. The summed E-state index contributed by atoms with van der Waals surface area (Å²) in [5, 5.41) is 23.0. The average Bonchev–Trinajstić information content (AvgIpc) is 2.72. The van der Waals surface area contributed by atoms with Crippen molar-refractivity contribution in [2.75, 3.05) is 29.7 Å². The number of hydrogen-bond acceptors (Lipinski definition) is 5. The zero-order chi connectivity index (χ0) is 24.1. The summed E-state index contributed by atoms with van der Waals surface area (Å²) in [5.41, 5.74) is 1.68. The summed E-state index contributed by atoms with van der Waals surface area (Å²) in [5.74, 6) is -2.52. The van der Waals surface area contributed by atoms with Crippen molar-refractivity contribution in [3.8, 4) is 0 Å². The van der Waals surface area contributed by atoms with E-state index in [0.29, 0.717) is 24.8 Å². The van der Waals surface area contributed by atoms with E-state index in [1.807, 2.05) is 29.2 Å². The van der Waals surface area contributed by atoms with Crippen molar-refractivity contribution in [1.82, 2.24) is 10.6 Å². The standard InChI is InChI=1S/C21H29Cl2N3O6/c1-14(27)24-18(20(30)25-17(21(31)32)3-2-4-19(28)29)13-15-5-7-16(8-6-15)26(11-9-22)12-10-23/h5-8,17-18H,2-4,9-13H2,1H3,(H,24,27)(H,25,30)(H,28,29)(H,31,32). The highest BCUT2D eigenvalue weighted by atomic mass is 35.5. The first-order valence-corrected chi connectivity index (χ1v) is 11.2. The van der Waals surface area contributed by atoms with E-state index in [-0.39, 0.29) is 25.7 Å². The van der Waals surface area contributed by atoms with E-state index in [1.54, 1.807) is 0 Å². The number of carbonyl (C=O) groups is 4. The molecule has 0 aliphatic carbocycles. The molecule has 178 valence electrons. The molecule has 0 heterocycles. The first-order chi connectivity index (χ1) is 15.2. The largest absolute Gasteiger partial charge is 0.481 e. The van der Waals surface area contributed by atoms with E-state index < -0.39 is 35.8 Å². The Kier molecular flexibility index (Phi) is 12.5. The van der Waals surface area contributed by atoms with E-state index >= 15 is 0 Å². The van der Waals surface area contributed by atoms with Crippen LogP contribution in [0.5, 0.6) is 0 Å². The van der Waals surface area contributed by atoms with Gasteiger partial charge in [-0.3, -0.25) is 14.4 Å². The molecule has 0 saturated carbocycles. The van der Waals surface area contributed by atoms with Crippen LogP contribution in [-0.4, -0.2) is 70.9 Å². The monoisotopic (exact) mass is 489 g/mol. The molecule has 1 aromatic rings. The summed E-state index contributed by atoms with van der Waals surface area (Å²) in [6, 6.07) is 5.12.